The highest BCUT2D eigenvalue weighted by atomic mass is 15.1. The van der Waals surface area contributed by atoms with Gasteiger partial charge in [-0.2, -0.15) is 5.10 Å². The predicted octanol–water partition coefficient (Wildman–Crippen LogP) is 1.52. The van der Waals surface area contributed by atoms with E-state index in [9.17, 15) is 0 Å². The first-order chi connectivity index (χ1) is 6.81. The number of hydrogen-bond donors (Lipinski definition) is 2. The second kappa shape index (κ2) is 3.33. The van der Waals surface area contributed by atoms with Crippen LogP contribution in [0.25, 0.3) is 16.6 Å². The Labute approximate surface area is 81.2 Å². The highest BCUT2D eigenvalue weighted by Gasteiger charge is 1.99. The zero-order valence-electron chi connectivity index (χ0n) is 7.57. The Morgan fingerprint density at radius 2 is 2.43 bits per heavy atom. The van der Waals surface area contributed by atoms with Crippen molar-refractivity contribution in [2.75, 3.05) is 0 Å². The molecular formula is C10H10N4. The molecule has 4 nitrogen and oxygen atoms in total. The zero-order valence-corrected chi connectivity index (χ0v) is 7.57. The Balaban J connectivity index is 2.48. The van der Waals surface area contributed by atoms with Crippen LogP contribution in [0.15, 0.2) is 36.0 Å². The Kier molecular flexibility index (Phi) is 2.02. The van der Waals surface area contributed by atoms with Gasteiger partial charge in [-0.25, -0.2) is 4.99 Å². The summed E-state index contributed by atoms with van der Waals surface area (Å²) in [4.78, 5) is 3.91. The van der Waals surface area contributed by atoms with E-state index in [0.29, 0.717) is 5.70 Å². The van der Waals surface area contributed by atoms with Crippen LogP contribution in [-0.4, -0.2) is 16.5 Å². The van der Waals surface area contributed by atoms with Gasteiger partial charge in [0, 0.05) is 10.9 Å². The summed E-state index contributed by atoms with van der Waals surface area (Å²) in [6, 6.07) is 5.84. The molecule has 0 saturated carbocycles. The normalized spacial score (nSPS) is 11.1. The van der Waals surface area contributed by atoms with Crippen LogP contribution >= 0.6 is 0 Å². The van der Waals surface area contributed by atoms with Crippen molar-refractivity contribution in [1.29, 1.82) is 0 Å². The average molecular weight is 186 g/mol. The minimum Gasteiger partial charge on any atom is -0.390 e. The maximum Gasteiger partial charge on any atom is 0.0860 e. The van der Waals surface area contributed by atoms with Gasteiger partial charge in [-0.05, 0) is 6.07 Å². The molecule has 1 aromatic heterocycles. The molecule has 4 heteroatoms. The number of nitrogens with two attached hydrogens (primary N) is 1. The highest BCUT2D eigenvalue weighted by Crippen LogP contribution is 2.18. The number of aromatic amines is 1. The Morgan fingerprint density at radius 1 is 1.57 bits per heavy atom. The SMILES string of the molecule is C=C(N=CN)c1ccc2cn[nH]c2c1. The lowest BCUT2D eigenvalue weighted by Crippen LogP contribution is -1.89. The van der Waals surface area contributed by atoms with E-state index in [1.54, 1.807) is 6.20 Å². The fourth-order valence-corrected chi connectivity index (χ4v) is 1.28. The van der Waals surface area contributed by atoms with Gasteiger partial charge in [0.2, 0.25) is 0 Å². The lowest BCUT2D eigenvalue weighted by molar-refractivity contribution is 1.12. The standard InChI is InChI=1S/C10H10N4/c1-7(12-6-11)8-2-3-9-5-13-14-10(9)4-8/h2-6H,1H2,(H2,11,12)(H,13,14). The second-order valence-electron chi connectivity index (χ2n) is 2.90. The summed E-state index contributed by atoms with van der Waals surface area (Å²) in [6.07, 6.45) is 3.01. The molecule has 0 spiro atoms. The van der Waals surface area contributed by atoms with Crippen LogP contribution in [0.5, 0.6) is 0 Å². The van der Waals surface area contributed by atoms with E-state index < -0.39 is 0 Å². The van der Waals surface area contributed by atoms with Crippen LogP contribution in [0.2, 0.25) is 0 Å². The molecule has 70 valence electrons. The molecule has 0 atom stereocenters. The number of rotatable bonds is 2. The topological polar surface area (TPSA) is 67.1 Å². The van der Waals surface area contributed by atoms with Gasteiger partial charge in [0.05, 0.1) is 23.7 Å². The van der Waals surface area contributed by atoms with Crippen molar-refractivity contribution in [1.82, 2.24) is 10.2 Å². The van der Waals surface area contributed by atoms with Crippen LogP contribution in [0.3, 0.4) is 0 Å². The number of nitrogens with zero attached hydrogens (tertiary/aromatic N) is 2. The summed E-state index contributed by atoms with van der Waals surface area (Å²) < 4.78 is 0. The van der Waals surface area contributed by atoms with E-state index in [1.807, 2.05) is 18.2 Å². The van der Waals surface area contributed by atoms with Gasteiger partial charge in [-0.3, -0.25) is 5.10 Å². The van der Waals surface area contributed by atoms with Crippen LogP contribution in [-0.2, 0) is 0 Å². The number of hydrogen-bond acceptors (Lipinski definition) is 2. The van der Waals surface area contributed by atoms with Crippen molar-refractivity contribution >= 4 is 22.9 Å². The molecule has 14 heavy (non-hydrogen) atoms. The van der Waals surface area contributed by atoms with Crippen LogP contribution in [0, 0.1) is 0 Å². The third-order valence-electron chi connectivity index (χ3n) is 2.01. The predicted molar refractivity (Wildman–Crippen MR) is 57.8 cm³/mol. The molecule has 0 fully saturated rings. The van der Waals surface area contributed by atoms with Gasteiger partial charge >= 0.3 is 0 Å². The maximum atomic E-state index is 5.19. The first kappa shape index (κ1) is 8.50. The van der Waals surface area contributed by atoms with Crippen molar-refractivity contribution in [3.05, 3.63) is 36.5 Å². The molecular weight excluding hydrogens is 176 g/mol. The van der Waals surface area contributed by atoms with Gasteiger partial charge in [0.25, 0.3) is 0 Å². The number of H-pyrrole nitrogens is 1. The number of benzene rings is 1. The molecule has 1 aromatic carbocycles. The smallest absolute Gasteiger partial charge is 0.0860 e. The van der Waals surface area contributed by atoms with E-state index in [1.165, 1.54) is 6.34 Å². The summed E-state index contributed by atoms with van der Waals surface area (Å²) in [5, 5.41) is 7.88. The van der Waals surface area contributed by atoms with Gasteiger partial charge in [0.1, 0.15) is 0 Å². The fourth-order valence-electron chi connectivity index (χ4n) is 1.28. The third-order valence-corrected chi connectivity index (χ3v) is 2.01. The van der Waals surface area contributed by atoms with E-state index >= 15 is 0 Å². The summed E-state index contributed by atoms with van der Waals surface area (Å²) in [5.74, 6) is 0. The average Bonchev–Trinajstić information content (AvgIpc) is 2.64. The molecule has 0 aliphatic rings. The summed E-state index contributed by atoms with van der Waals surface area (Å²) in [7, 11) is 0. The highest BCUT2D eigenvalue weighted by molar-refractivity contribution is 5.83. The minimum atomic E-state index is 0.643. The van der Waals surface area contributed by atoms with Crippen molar-refractivity contribution in [3.8, 4) is 0 Å². The number of fused-ring (bicyclic) bond motifs is 1. The first-order valence-electron chi connectivity index (χ1n) is 4.18. The molecule has 0 aliphatic carbocycles. The zero-order chi connectivity index (χ0) is 9.97. The molecule has 0 aliphatic heterocycles. The van der Waals surface area contributed by atoms with E-state index in [0.717, 1.165) is 16.5 Å². The molecule has 0 saturated heterocycles. The Morgan fingerprint density at radius 3 is 3.21 bits per heavy atom. The van der Waals surface area contributed by atoms with Gasteiger partial charge in [0.15, 0.2) is 0 Å². The molecule has 0 unspecified atom stereocenters. The minimum absolute atomic E-state index is 0.643. The van der Waals surface area contributed by atoms with Gasteiger partial charge in [-0.15, -0.1) is 0 Å². The van der Waals surface area contributed by atoms with Crippen LogP contribution < -0.4 is 5.73 Å². The Bertz CT molecular complexity index is 496. The van der Waals surface area contributed by atoms with E-state index in [-0.39, 0.29) is 0 Å². The van der Waals surface area contributed by atoms with Crippen LogP contribution in [0.4, 0.5) is 0 Å². The lowest BCUT2D eigenvalue weighted by Gasteiger charge is -1.98. The number of aliphatic imine (C=N–C) groups is 1. The molecule has 1 heterocycles. The lowest BCUT2D eigenvalue weighted by atomic mass is 10.1. The Hall–Kier alpha value is -2.10. The van der Waals surface area contributed by atoms with Crippen molar-refractivity contribution < 1.29 is 0 Å². The summed E-state index contributed by atoms with van der Waals surface area (Å²) >= 11 is 0. The fraction of sp³-hybridized carbons (Fsp3) is 0. The third kappa shape index (κ3) is 1.37. The largest absolute Gasteiger partial charge is 0.390 e. The summed E-state index contributed by atoms with van der Waals surface area (Å²) in [6.45, 7) is 3.79. The molecule has 0 bridgehead atoms. The number of aromatic nitrogens is 2. The van der Waals surface area contributed by atoms with Gasteiger partial charge in [-0.1, -0.05) is 18.7 Å². The van der Waals surface area contributed by atoms with Crippen molar-refractivity contribution in [2.24, 2.45) is 10.7 Å². The van der Waals surface area contributed by atoms with E-state index in [4.69, 9.17) is 5.73 Å². The molecule has 3 N–H and O–H groups in total. The van der Waals surface area contributed by atoms with Crippen LogP contribution in [0.1, 0.15) is 5.56 Å². The molecule has 0 radical (unpaired) electrons. The van der Waals surface area contributed by atoms with Crippen molar-refractivity contribution in [3.63, 3.8) is 0 Å². The maximum absolute atomic E-state index is 5.19. The van der Waals surface area contributed by atoms with Crippen molar-refractivity contribution in [2.45, 2.75) is 0 Å². The van der Waals surface area contributed by atoms with Gasteiger partial charge < -0.3 is 5.73 Å². The molecule has 2 rings (SSSR count). The quantitative estimate of drug-likeness (QED) is 0.551. The molecule has 2 aromatic rings. The number of nitrogens with one attached hydrogen (secondary N) is 1. The first-order valence-corrected chi connectivity index (χ1v) is 4.18. The second-order valence-corrected chi connectivity index (χ2v) is 2.90. The molecule has 0 amide bonds. The van der Waals surface area contributed by atoms with E-state index in [2.05, 4.69) is 21.8 Å². The summed E-state index contributed by atoms with van der Waals surface area (Å²) in [5.41, 5.74) is 7.73. The monoisotopic (exact) mass is 186 g/mol.